The lowest BCUT2D eigenvalue weighted by Crippen LogP contribution is -2.31. The highest BCUT2D eigenvalue weighted by Crippen LogP contribution is 2.55. The van der Waals surface area contributed by atoms with Gasteiger partial charge in [0.2, 0.25) is 5.91 Å². The zero-order chi connectivity index (χ0) is 31.0. The van der Waals surface area contributed by atoms with E-state index in [4.69, 9.17) is 25.2 Å². The van der Waals surface area contributed by atoms with Crippen LogP contribution in [0.15, 0.2) is 30.6 Å². The molecule has 1 aromatic carbocycles. The van der Waals surface area contributed by atoms with Crippen molar-refractivity contribution in [1.82, 2.24) is 20.0 Å². The molecule has 228 valence electrons. The van der Waals surface area contributed by atoms with Crippen molar-refractivity contribution in [3.8, 4) is 11.3 Å². The van der Waals surface area contributed by atoms with Crippen LogP contribution < -0.4 is 4.90 Å². The SMILES string of the molecule is CC(C)(C)OP(=O)(OCn1nc(-c2ccnnc2)c(F)c1N1CCC(Cc2cc(F)c(Cl)c(F)c2)C1=O)OC(C)(C)C. The average Bonchev–Trinajstić information content (AvgIpc) is 3.38. The molecule has 3 aromatic rings. The first-order chi connectivity index (χ1) is 19.5. The summed E-state index contributed by atoms with van der Waals surface area (Å²) in [5.74, 6) is -4.19. The molecule has 1 fully saturated rings. The average molecular weight is 630 g/mol. The van der Waals surface area contributed by atoms with Crippen molar-refractivity contribution in [1.29, 1.82) is 0 Å². The van der Waals surface area contributed by atoms with Crippen LogP contribution in [0.2, 0.25) is 5.02 Å². The van der Waals surface area contributed by atoms with Gasteiger partial charge in [0, 0.05) is 18.0 Å². The molecule has 0 bridgehead atoms. The van der Waals surface area contributed by atoms with Crippen molar-refractivity contribution in [2.24, 2.45) is 5.92 Å². The Bertz CT molecular complexity index is 1470. The van der Waals surface area contributed by atoms with Crippen LogP contribution in [0.25, 0.3) is 11.3 Å². The molecule has 3 heterocycles. The fourth-order valence-electron chi connectivity index (χ4n) is 4.41. The summed E-state index contributed by atoms with van der Waals surface area (Å²) in [6, 6.07) is 3.62. The summed E-state index contributed by atoms with van der Waals surface area (Å²) in [6.45, 7) is 9.50. The van der Waals surface area contributed by atoms with E-state index in [9.17, 15) is 18.1 Å². The maximum absolute atomic E-state index is 16.0. The highest BCUT2D eigenvalue weighted by molar-refractivity contribution is 7.48. The molecule has 2 aromatic heterocycles. The summed E-state index contributed by atoms with van der Waals surface area (Å²) >= 11 is 5.58. The van der Waals surface area contributed by atoms with Gasteiger partial charge in [0.1, 0.15) is 22.4 Å². The molecule has 4 rings (SSSR count). The van der Waals surface area contributed by atoms with E-state index in [0.717, 1.165) is 16.8 Å². The lowest BCUT2D eigenvalue weighted by molar-refractivity contribution is -0.120. The molecular weight excluding hydrogens is 598 g/mol. The van der Waals surface area contributed by atoms with Crippen molar-refractivity contribution >= 4 is 31.1 Å². The molecule has 1 aliphatic heterocycles. The number of amides is 1. The quantitative estimate of drug-likeness (QED) is 0.190. The molecule has 42 heavy (non-hydrogen) atoms. The molecule has 0 aliphatic carbocycles. The summed E-state index contributed by atoms with van der Waals surface area (Å²) in [6.07, 6.45) is 2.92. The first-order valence-corrected chi connectivity index (χ1v) is 14.9. The molecule has 15 heteroatoms. The Morgan fingerprint density at radius 3 is 2.21 bits per heavy atom. The molecular formula is C27H32ClF3N5O5P. The monoisotopic (exact) mass is 629 g/mol. The third kappa shape index (κ3) is 7.57. The first-order valence-electron chi connectivity index (χ1n) is 13.1. The van der Waals surface area contributed by atoms with E-state index in [2.05, 4.69) is 15.3 Å². The Hall–Kier alpha value is -2.83. The molecule has 10 nitrogen and oxygen atoms in total. The van der Waals surface area contributed by atoms with Crippen LogP contribution in [0.1, 0.15) is 53.5 Å². The van der Waals surface area contributed by atoms with E-state index < -0.39 is 60.1 Å². The maximum atomic E-state index is 16.0. The summed E-state index contributed by atoms with van der Waals surface area (Å²) in [5.41, 5.74) is -1.49. The van der Waals surface area contributed by atoms with E-state index in [-0.39, 0.29) is 42.0 Å². The number of phosphoric ester groups is 1. The Balaban J connectivity index is 1.68. The zero-order valence-electron chi connectivity index (χ0n) is 24.0. The highest BCUT2D eigenvalue weighted by atomic mass is 35.5. The number of phosphoric acid groups is 1. The predicted octanol–water partition coefficient (Wildman–Crippen LogP) is 6.72. The number of hydrogen-bond donors (Lipinski definition) is 0. The van der Waals surface area contributed by atoms with Gasteiger partial charge in [-0.1, -0.05) is 11.6 Å². The fourth-order valence-corrected chi connectivity index (χ4v) is 6.26. The number of nitrogens with zero attached hydrogens (tertiary/aromatic N) is 5. The van der Waals surface area contributed by atoms with Crippen molar-refractivity contribution in [3.63, 3.8) is 0 Å². The smallest absolute Gasteiger partial charge is 0.294 e. The van der Waals surface area contributed by atoms with Crippen LogP contribution in [-0.2, 0) is 36.1 Å². The van der Waals surface area contributed by atoms with E-state index in [0.29, 0.717) is 0 Å². The molecule has 0 N–H and O–H groups in total. The van der Waals surface area contributed by atoms with Gasteiger partial charge in [-0.05, 0) is 78.1 Å². The van der Waals surface area contributed by atoms with Crippen molar-refractivity contribution in [2.75, 3.05) is 11.4 Å². The standard InChI is InChI=1S/C27H32ClF3N5O5P/c1-26(2,3)40-42(38,41-27(4,5)6)39-15-36-24(22(31)23(34-36)18-7-9-32-33-14-18)35-10-8-17(25(35)37)11-16-12-19(29)21(28)20(30)13-16/h7,9,12-14,17H,8,10-11,15H2,1-6H3. The van der Waals surface area contributed by atoms with Gasteiger partial charge in [0.05, 0.1) is 23.6 Å². The number of hydrogen-bond acceptors (Lipinski definition) is 8. The Morgan fingerprint density at radius 2 is 1.67 bits per heavy atom. The minimum atomic E-state index is -4.23. The maximum Gasteiger partial charge on any atom is 0.477 e. The van der Waals surface area contributed by atoms with Crippen molar-refractivity contribution in [2.45, 2.75) is 72.3 Å². The van der Waals surface area contributed by atoms with Crippen LogP contribution in [-0.4, -0.2) is 43.6 Å². The molecule has 1 aliphatic rings. The zero-order valence-corrected chi connectivity index (χ0v) is 25.7. The van der Waals surface area contributed by atoms with Gasteiger partial charge in [-0.3, -0.25) is 23.3 Å². The Morgan fingerprint density at radius 1 is 1.05 bits per heavy atom. The Kier molecular flexibility index (Phi) is 9.20. The second kappa shape index (κ2) is 12.0. The number of halogens is 4. The topological polar surface area (TPSA) is 109 Å². The largest absolute Gasteiger partial charge is 0.477 e. The number of aromatic nitrogens is 4. The lowest BCUT2D eigenvalue weighted by atomic mass is 9.98. The van der Waals surface area contributed by atoms with Gasteiger partial charge in [-0.15, -0.1) is 0 Å². The van der Waals surface area contributed by atoms with Gasteiger partial charge in [-0.2, -0.15) is 15.3 Å². The molecule has 1 saturated heterocycles. The number of carbonyl (C=O) groups is 1. The van der Waals surface area contributed by atoms with Crippen LogP contribution in [0.4, 0.5) is 19.0 Å². The first kappa shape index (κ1) is 32.1. The second-order valence-electron chi connectivity index (χ2n) is 11.8. The van der Waals surface area contributed by atoms with Crippen LogP contribution in [0.3, 0.4) is 0 Å². The molecule has 0 radical (unpaired) electrons. The summed E-state index contributed by atoms with van der Waals surface area (Å²) < 4.78 is 75.7. The molecule has 0 saturated carbocycles. The molecule has 0 spiro atoms. The number of anilines is 1. The van der Waals surface area contributed by atoms with Crippen LogP contribution >= 0.6 is 19.4 Å². The predicted molar refractivity (Wildman–Crippen MR) is 149 cm³/mol. The summed E-state index contributed by atoms with van der Waals surface area (Å²) in [5, 5.41) is 11.1. The van der Waals surface area contributed by atoms with Gasteiger partial charge in [0.25, 0.3) is 0 Å². The van der Waals surface area contributed by atoms with E-state index in [1.54, 1.807) is 41.5 Å². The normalized spacial score (nSPS) is 16.5. The second-order valence-corrected chi connectivity index (χ2v) is 13.7. The number of rotatable bonds is 9. The minimum Gasteiger partial charge on any atom is -0.294 e. The molecule has 1 atom stereocenters. The van der Waals surface area contributed by atoms with Gasteiger partial charge < -0.3 is 0 Å². The number of carbonyl (C=O) groups excluding carboxylic acids is 1. The Labute approximate surface area is 246 Å². The summed E-state index contributed by atoms with van der Waals surface area (Å²) in [7, 11) is -4.23. The van der Waals surface area contributed by atoms with E-state index in [1.807, 2.05) is 0 Å². The summed E-state index contributed by atoms with van der Waals surface area (Å²) in [4.78, 5) is 14.7. The van der Waals surface area contributed by atoms with Crippen molar-refractivity contribution in [3.05, 3.63) is 58.6 Å². The third-order valence-corrected chi connectivity index (χ3v) is 8.27. The minimum absolute atomic E-state index is 0.00176. The highest BCUT2D eigenvalue weighted by Gasteiger charge is 2.40. The van der Waals surface area contributed by atoms with Crippen LogP contribution in [0, 0.1) is 23.4 Å². The lowest BCUT2D eigenvalue weighted by Gasteiger charge is -2.31. The van der Waals surface area contributed by atoms with Gasteiger partial charge >= 0.3 is 7.82 Å². The molecule has 1 amide bonds. The van der Waals surface area contributed by atoms with Crippen molar-refractivity contribution < 1.29 is 36.1 Å². The third-order valence-electron chi connectivity index (χ3n) is 5.93. The van der Waals surface area contributed by atoms with E-state index in [1.165, 1.54) is 23.4 Å². The van der Waals surface area contributed by atoms with Gasteiger partial charge in [0.15, 0.2) is 18.4 Å². The van der Waals surface area contributed by atoms with Gasteiger partial charge in [-0.25, -0.2) is 22.4 Å². The van der Waals surface area contributed by atoms with Crippen LogP contribution in [0.5, 0.6) is 0 Å². The fraction of sp³-hybridized carbons (Fsp3) is 0.481. The molecule has 1 unspecified atom stereocenters. The van der Waals surface area contributed by atoms with E-state index >= 15 is 4.39 Å². The number of benzene rings is 1.